The van der Waals surface area contributed by atoms with Gasteiger partial charge in [-0.25, -0.2) is 0 Å². The fourth-order valence-corrected chi connectivity index (χ4v) is 3.31. The molecule has 1 saturated heterocycles. The lowest BCUT2D eigenvalue weighted by Crippen LogP contribution is -2.44. The molecule has 12 heavy (non-hydrogen) atoms. The maximum Gasteiger partial charge on any atom is 0.0876 e. The van der Waals surface area contributed by atoms with Gasteiger partial charge in [-0.1, -0.05) is 11.6 Å². The quantitative estimate of drug-likeness (QED) is 0.826. The lowest BCUT2D eigenvalue weighted by atomic mass is 10.0. The van der Waals surface area contributed by atoms with Crippen molar-refractivity contribution in [3.63, 3.8) is 0 Å². The Bertz CT molecular complexity index is 280. The summed E-state index contributed by atoms with van der Waals surface area (Å²) in [5.74, 6) is 1.70. The van der Waals surface area contributed by atoms with Gasteiger partial charge in [0.1, 0.15) is 0 Å². The van der Waals surface area contributed by atoms with Crippen molar-refractivity contribution in [1.29, 1.82) is 0 Å². The molecule has 1 nitrogen and oxygen atoms in total. The third-order valence-corrected chi connectivity index (χ3v) is 4.79. The van der Waals surface area contributed by atoms with Crippen LogP contribution in [0.4, 0.5) is 0 Å². The highest BCUT2D eigenvalue weighted by molar-refractivity contribution is 8.00. The van der Waals surface area contributed by atoms with E-state index in [9.17, 15) is 5.11 Å². The van der Waals surface area contributed by atoms with Crippen LogP contribution in [0.15, 0.2) is 11.4 Å². The molecule has 0 unspecified atom stereocenters. The summed E-state index contributed by atoms with van der Waals surface area (Å²) in [6.45, 7) is 0. The van der Waals surface area contributed by atoms with Gasteiger partial charge in [0.15, 0.2) is 0 Å². The molecule has 0 aliphatic carbocycles. The van der Waals surface area contributed by atoms with E-state index in [2.05, 4.69) is 0 Å². The van der Waals surface area contributed by atoms with Gasteiger partial charge in [-0.3, -0.25) is 0 Å². The van der Waals surface area contributed by atoms with E-state index in [4.69, 9.17) is 11.6 Å². The SMILES string of the molecule is OC1(Cc2sccc2Cl)CSC1. The first-order valence-electron chi connectivity index (χ1n) is 3.72. The maximum atomic E-state index is 9.83. The average Bonchev–Trinajstić information content (AvgIpc) is 2.34. The van der Waals surface area contributed by atoms with E-state index >= 15 is 0 Å². The molecular weight excluding hydrogens is 212 g/mol. The average molecular weight is 221 g/mol. The molecule has 4 heteroatoms. The zero-order chi connectivity index (χ0) is 8.60. The van der Waals surface area contributed by atoms with Gasteiger partial charge in [0.2, 0.25) is 0 Å². The lowest BCUT2D eigenvalue weighted by molar-refractivity contribution is 0.0802. The third kappa shape index (κ3) is 1.64. The summed E-state index contributed by atoms with van der Waals surface area (Å²) in [4.78, 5) is 1.11. The smallest absolute Gasteiger partial charge is 0.0876 e. The first-order chi connectivity index (χ1) is 5.70. The second-order valence-corrected chi connectivity index (χ2v) is 5.48. The largest absolute Gasteiger partial charge is 0.388 e. The minimum atomic E-state index is -0.473. The number of hydrogen-bond acceptors (Lipinski definition) is 3. The highest BCUT2D eigenvalue weighted by atomic mass is 35.5. The minimum Gasteiger partial charge on any atom is -0.388 e. The van der Waals surface area contributed by atoms with Crippen LogP contribution in [0.1, 0.15) is 4.88 Å². The van der Waals surface area contributed by atoms with Crippen LogP contribution in [-0.4, -0.2) is 22.2 Å². The monoisotopic (exact) mass is 220 g/mol. The molecule has 0 spiro atoms. The fraction of sp³-hybridized carbons (Fsp3) is 0.500. The van der Waals surface area contributed by atoms with Gasteiger partial charge in [-0.15, -0.1) is 11.3 Å². The summed E-state index contributed by atoms with van der Waals surface area (Å²) in [7, 11) is 0. The van der Waals surface area contributed by atoms with Crippen molar-refractivity contribution in [3.05, 3.63) is 21.3 Å². The molecule has 1 aliphatic heterocycles. The molecule has 66 valence electrons. The zero-order valence-electron chi connectivity index (χ0n) is 6.42. The van der Waals surface area contributed by atoms with Crippen LogP contribution >= 0.6 is 34.7 Å². The second kappa shape index (κ2) is 3.22. The van der Waals surface area contributed by atoms with E-state index < -0.39 is 5.60 Å². The summed E-state index contributed by atoms with van der Waals surface area (Å²) in [6, 6.07) is 1.89. The molecule has 0 radical (unpaired) electrons. The van der Waals surface area contributed by atoms with Crippen molar-refractivity contribution in [2.45, 2.75) is 12.0 Å². The molecule has 1 aromatic rings. The van der Waals surface area contributed by atoms with E-state index in [1.807, 2.05) is 11.4 Å². The Hall–Kier alpha value is 0.300. The van der Waals surface area contributed by atoms with Crippen LogP contribution in [0.2, 0.25) is 5.02 Å². The van der Waals surface area contributed by atoms with Crippen molar-refractivity contribution in [1.82, 2.24) is 0 Å². The van der Waals surface area contributed by atoms with Gasteiger partial charge in [0.25, 0.3) is 0 Å². The summed E-state index contributed by atoms with van der Waals surface area (Å²) < 4.78 is 0. The maximum absolute atomic E-state index is 9.83. The van der Waals surface area contributed by atoms with E-state index in [-0.39, 0.29) is 0 Å². The van der Waals surface area contributed by atoms with Crippen molar-refractivity contribution in [2.24, 2.45) is 0 Å². The predicted molar refractivity (Wildman–Crippen MR) is 55.3 cm³/mol. The third-order valence-electron chi connectivity index (χ3n) is 1.92. The van der Waals surface area contributed by atoms with Gasteiger partial charge in [0.05, 0.1) is 10.6 Å². The van der Waals surface area contributed by atoms with Crippen LogP contribution in [0.5, 0.6) is 0 Å². The molecule has 1 aromatic heterocycles. The Labute approximate surface area is 84.7 Å². The van der Waals surface area contributed by atoms with Gasteiger partial charge in [-0.2, -0.15) is 11.8 Å². The molecule has 0 aromatic carbocycles. The van der Waals surface area contributed by atoms with E-state index in [1.54, 1.807) is 23.1 Å². The molecule has 0 atom stereocenters. The number of hydrogen-bond donors (Lipinski definition) is 1. The number of aliphatic hydroxyl groups is 1. The van der Waals surface area contributed by atoms with Crippen LogP contribution in [0, 0.1) is 0 Å². The Kier molecular flexibility index (Phi) is 2.38. The van der Waals surface area contributed by atoms with E-state index in [0.717, 1.165) is 27.8 Å². The summed E-state index contributed by atoms with van der Waals surface area (Å²) in [5, 5.41) is 12.6. The van der Waals surface area contributed by atoms with Crippen molar-refractivity contribution in [2.75, 3.05) is 11.5 Å². The number of thioether (sulfide) groups is 1. The highest BCUT2D eigenvalue weighted by Crippen LogP contribution is 2.35. The summed E-state index contributed by atoms with van der Waals surface area (Å²) >= 11 is 9.33. The van der Waals surface area contributed by atoms with Crippen LogP contribution in [-0.2, 0) is 6.42 Å². The Morgan fingerprint density at radius 2 is 2.33 bits per heavy atom. The van der Waals surface area contributed by atoms with Crippen LogP contribution in [0.3, 0.4) is 0 Å². The zero-order valence-corrected chi connectivity index (χ0v) is 8.81. The minimum absolute atomic E-state index is 0.473. The van der Waals surface area contributed by atoms with E-state index in [1.165, 1.54) is 0 Å². The fourth-order valence-electron chi connectivity index (χ4n) is 1.19. The number of rotatable bonds is 2. The van der Waals surface area contributed by atoms with Gasteiger partial charge >= 0.3 is 0 Å². The summed E-state index contributed by atoms with van der Waals surface area (Å²) in [6.07, 6.45) is 0.719. The predicted octanol–water partition coefficient (Wildman–Crippen LogP) is 2.42. The van der Waals surface area contributed by atoms with Gasteiger partial charge in [0, 0.05) is 22.8 Å². The number of thiophene rings is 1. The van der Waals surface area contributed by atoms with Crippen LogP contribution in [0.25, 0.3) is 0 Å². The molecule has 1 N–H and O–H groups in total. The Morgan fingerprint density at radius 1 is 1.58 bits per heavy atom. The Morgan fingerprint density at radius 3 is 2.75 bits per heavy atom. The lowest BCUT2D eigenvalue weighted by Gasteiger charge is -2.35. The highest BCUT2D eigenvalue weighted by Gasteiger charge is 2.36. The van der Waals surface area contributed by atoms with E-state index in [0.29, 0.717) is 0 Å². The van der Waals surface area contributed by atoms with Crippen molar-refractivity contribution >= 4 is 34.7 Å². The molecule has 2 rings (SSSR count). The normalized spacial score (nSPS) is 20.5. The molecule has 1 fully saturated rings. The van der Waals surface area contributed by atoms with Crippen molar-refractivity contribution in [3.8, 4) is 0 Å². The second-order valence-electron chi connectivity index (χ2n) is 3.09. The topological polar surface area (TPSA) is 20.2 Å². The molecule has 0 amide bonds. The van der Waals surface area contributed by atoms with Crippen molar-refractivity contribution < 1.29 is 5.11 Å². The van der Waals surface area contributed by atoms with Gasteiger partial charge in [-0.05, 0) is 11.4 Å². The van der Waals surface area contributed by atoms with Gasteiger partial charge < -0.3 is 5.11 Å². The van der Waals surface area contributed by atoms with Crippen LogP contribution < -0.4 is 0 Å². The Balaban J connectivity index is 2.08. The standard InChI is InChI=1S/C8H9ClOS2/c9-6-1-2-12-7(6)3-8(10)4-11-5-8/h1-2,10H,3-5H2. The molecular formula is C8H9ClOS2. The summed E-state index contributed by atoms with van der Waals surface area (Å²) in [5.41, 5.74) is -0.473. The first-order valence-corrected chi connectivity index (χ1v) is 6.13. The molecule has 2 heterocycles. The molecule has 0 bridgehead atoms. The first kappa shape index (κ1) is 8.88. The molecule has 0 saturated carbocycles. The number of halogens is 1. The molecule has 1 aliphatic rings.